The summed E-state index contributed by atoms with van der Waals surface area (Å²) in [5.74, 6) is 2.56. The zero-order valence-electron chi connectivity index (χ0n) is 9.79. The Morgan fingerprint density at radius 3 is 3.06 bits per heavy atom. The molecule has 0 amide bonds. The molecule has 88 valence electrons. The molecule has 2 atom stereocenters. The highest BCUT2D eigenvalue weighted by atomic mass is 32.2. The second-order valence-corrected chi connectivity index (χ2v) is 5.40. The summed E-state index contributed by atoms with van der Waals surface area (Å²) < 4.78 is 13.3. The molecule has 16 heavy (non-hydrogen) atoms. The Bertz CT molecular complexity index is 367. The highest BCUT2D eigenvalue weighted by molar-refractivity contribution is 7.98. The number of rotatable bonds is 2. The van der Waals surface area contributed by atoms with Gasteiger partial charge in [0.1, 0.15) is 5.82 Å². The number of thioether (sulfide) groups is 1. The SMILES string of the molecule is CCNC1c2cc(F)ccc2CSCC1C. The maximum absolute atomic E-state index is 13.3. The van der Waals surface area contributed by atoms with Crippen LogP contribution in [0.3, 0.4) is 0 Å². The van der Waals surface area contributed by atoms with E-state index in [9.17, 15) is 4.39 Å². The van der Waals surface area contributed by atoms with Crippen molar-refractivity contribution in [1.29, 1.82) is 0 Å². The molecular formula is C13H18FNS. The van der Waals surface area contributed by atoms with Gasteiger partial charge in [0.05, 0.1) is 0 Å². The van der Waals surface area contributed by atoms with Crippen molar-refractivity contribution in [2.24, 2.45) is 5.92 Å². The van der Waals surface area contributed by atoms with E-state index in [-0.39, 0.29) is 5.82 Å². The van der Waals surface area contributed by atoms with Gasteiger partial charge >= 0.3 is 0 Å². The Labute approximate surface area is 101 Å². The van der Waals surface area contributed by atoms with Crippen LogP contribution in [0, 0.1) is 11.7 Å². The van der Waals surface area contributed by atoms with Crippen LogP contribution in [-0.2, 0) is 5.75 Å². The normalized spacial score (nSPS) is 24.9. The number of fused-ring (bicyclic) bond motifs is 1. The van der Waals surface area contributed by atoms with Gasteiger partial charge in [-0.3, -0.25) is 0 Å². The van der Waals surface area contributed by atoms with Crippen molar-refractivity contribution in [1.82, 2.24) is 5.32 Å². The fourth-order valence-electron chi connectivity index (χ4n) is 2.28. The van der Waals surface area contributed by atoms with Gasteiger partial charge in [0.2, 0.25) is 0 Å². The molecule has 1 nitrogen and oxygen atoms in total. The molecule has 1 aromatic carbocycles. The minimum absolute atomic E-state index is 0.124. The summed E-state index contributed by atoms with van der Waals surface area (Å²) in [4.78, 5) is 0. The molecular weight excluding hydrogens is 221 g/mol. The zero-order chi connectivity index (χ0) is 11.5. The maximum atomic E-state index is 13.3. The van der Waals surface area contributed by atoms with Crippen molar-refractivity contribution in [3.8, 4) is 0 Å². The third kappa shape index (κ3) is 2.41. The van der Waals surface area contributed by atoms with Gasteiger partial charge in [0, 0.05) is 11.8 Å². The van der Waals surface area contributed by atoms with Crippen LogP contribution in [0.4, 0.5) is 4.39 Å². The quantitative estimate of drug-likeness (QED) is 0.849. The van der Waals surface area contributed by atoms with E-state index in [1.54, 1.807) is 12.1 Å². The van der Waals surface area contributed by atoms with E-state index < -0.39 is 0 Å². The summed E-state index contributed by atoms with van der Waals surface area (Å²) in [6.45, 7) is 5.26. The summed E-state index contributed by atoms with van der Waals surface area (Å²) in [5.41, 5.74) is 2.43. The third-order valence-electron chi connectivity index (χ3n) is 3.07. The minimum Gasteiger partial charge on any atom is -0.310 e. The summed E-state index contributed by atoms with van der Waals surface area (Å²) in [7, 11) is 0. The number of benzene rings is 1. The van der Waals surface area contributed by atoms with Crippen LogP contribution in [-0.4, -0.2) is 12.3 Å². The summed E-state index contributed by atoms with van der Waals surface area (Å²) in [5, 5.41) is 3.48. The first-order valence-corrected chi connectivity index (χ1v) is 6.97. The van der Waals surface area contributed by atoms with E-state index in [1.807, 2.05) is 17.8 Å². The lowest BCUT2D eigenvalue weighted by Crippen LogP contribution is -2.27. The molecule has 2 rings (SSSR count). The van der Waals surface area contributed by atoms with Gasteiger partial charge in [-0.05, 0) is 41.5 Å². The first-order chi connectivity index (χ1) is 7.72. The van der Waals surface area contributed by atoms with Crippen LogP contribution in [0.15, 0.2) is 18.2 Å². The second-order valence-electron chi connectivity index (χ2n) is 4.37. The summed E-state index contributed by atoms with van der Waals surface area (Å²) >= 11 is 1.94. The average molecular weight is 239 g/mol. The van der Waals surface area contributed by atoms with E-state index in [0.717, 1.165) is 23.6 Å². The average Bonchev–Trinajstić information content (AvgIpc) is 2.41. The van der Waals surface area contributed by atoms with E-state index in [0.29, 0.717) is 12.0 Å². The molecule has 0 aliphatic carbocycles. The third-order valence-corrected chi connectivity index (χ3v) is 4.35. The van der Waals surface area contributed by atoms with E-state index in [1.165, 1.54) is 5.56 Å². The van der Waals surface area contributed by atoms with Crippen LogP contribution in [0.5, 0.6) is 0 Å². The van der Waals surface area contributed by atoms with Crippen molar-refractivity contribution >= 4 is 11.8 Å². The second kappa shape index (κ2) is 5.19. The molecule has 0 saturated carbocycles. The fourth-order valence-corrected chi connectivity index (χ4v) is 3.44. The Morgan fingerprint density at radius 1 is 1.50 bits per heavy atom. The van der Waals surface area contributed by atoms with Crippen molar-refractivity contribution in [2.45, 2.75) is 25.6 Å². The first kappa shape index (κ1) is 11.9. The summed E-state index contributed by atoms with van der Waals surface area (Å²) in [6.07, 6.45) is 0. The highest BCUT2D eigenvalue weighted by Crippen LogP contribution is 2.34. The topological polar surface area (TPSA) is 12.0 Å². The van der Waals surface area contributed by atoms with Crippen LogP contribution >= 0.6 is 11.8 Å². The maximum Gasteiger partial charge on any atom is 0.123 e. The molecule has 0 spiro atoms. The molecule has 0 bridgehead atoms. The van der Waals surface area contributed by atoms with Crippen molar-refractivity contribution in [3.63, 3.8) is 0 Å². The standard InChI is InChI=1S/C13H18FNS/c1-3-15-13-9(2)7-16-8-10-4-5-11(14)6-12(10)13/h4-6,9,13,15H,3,7-8H2,1-2H3. The molecule has 2 unspecified atom stereocenters. The monoisotopic (exact) mass is 239 g/mol. The molecule has 1 aliphatic rings. The number of nitrogens with one attached hydrogen (secondary N) is 1. The van der Waals surface area contributed by atoms with Gasteiger partial charge in [0.25, 0.3) is 0 Å². The van der Waals surface area contributed by atoms with Gasteiger partial charge in [-0.2, -0.15) is 11.8 Å². The van der Waals surface area contributed by atoms with Crippen LogP contribution in [0.1, 0.15) is 31.0 Å². The summed E-state index contributed by atoms with van der Waals surface area (Å²) in [6, 6.07) is 5.49. The zero-order valence-corrected chi connectivity index (χ0v) is 10.6. The lowest BCUT2D eigenvalue weighted by molar-refractivity contribution is 0.426. The molecule has 0 fully saturated rings. The first-order valence-electron chi connectivity index (χ1n) is 5.81. The van der Waals surface area contributed by atoms with Crippen molar-refractivity contribution in [3.05, 3.63) is 35.1 Å². The van der Waals surface area contributed by atoms with Gasteiger partial charge in [0.15, 0.2) is 0 Å². The number of halogens is 1. The lowest BCUT2D eigenvalue weighted by atomic mass is 9.92. The van der Waals surface area contributed by atoms with Crippen LogP contribution in [0.2, 0.25) is 0 Å². The fraction of sp³-hybridized carbons (Fsp3) is 0.538. The molecule has 1 N–H and O–H groups in total. The van der Waals surface area contributed by atoms with Crippen LogP contribution in [0.25, 0.3) is 0 Å². The van der Waals surface area contributed by atoms with Gasteiger partial charge in [-0.15, -0.1) is 0 Å². The van der Waals surface area contributed by atoms with Gasteiger partial charge in [-0.1, -0.05) is 19.9 Å². The van der Waals surface area contributed by atoms with E-state index in [2.05, 4.69) is 19.2 Å². The number of hydrogen-bond acceptors (Lipinski definition) is 2. The largest absolute Gasteiger partial charge is 0.310 e. The molecule has 3 heteroatoms. The minimum atomic E-state index is -0.124. The highest BCUT2D eigenvalue weighted by Gasteiger charge is 2.24. The van der Waals surface area contributed by atoms with Crippen LogP contribution < -0.4 is 5.32 Å². The van der Waals surface area contributed by atoms with Crippen molar-refractivity contribution in [2.75, 3.05) is 12.3 Å². The smallest absolute Gasteiger partial charge is 0.123 e. The lowest BCUT2D eigenvalue weighted by Gasteiger charge is -2.24. The predicted molar refractivity (Wildman–Crippen MR) is 68.1 cm³/mol. The Kier molecular flexibility index (Phi) is 3.87. The predicted octanol–water partition coefficient (Wildman–Crippen LogP) is 3.36. The van der Waals surface area contributed by atoms with Gasteiger partial charge in [-0.25, -0.2) is 4.39 Å². The van der Waals surface area contributed by atoms with Crippen molar-refractivity contribution < 1.29 is 4.39 Å². The molecule has 1 heterocycles. The molecule has 0 saturated heterocycles. The molecule has 1 aliphatic heterocycles. The Hall–Kier alpha value is -0.540. The molecule has 1 aromatic rings. The molecule has 0 aromatic heterocycles. The van der Waals surface area contributed by atoms with E-state index >= 15 is 0 Å². The van der Waals surface area contributed by atoms with E-state index in [4.69, 9.17) is 0 Å². The molecule has 0 radical (unpaired) electrons. The number of hydrogen-bond donors (Lipinski definition) is 1. The Balaban J connectivity index is 2.39. The van der Waals surface area contributed by atoms with Gasteiger partial charge < -0.3 is 5.32 Å². The Morgan fingerprint density at radius 2 is 2.31 bits per heavy atom.